The van der Waals surface area contributed by atoms with Crippen molar-refractivity contribution in [3.8, 4) is 5.75 Å². The lowest BCUT2D eigenvalue weighted by atomic mass is 10.1. The predicted octanol–water partition coefficient (Wildman–Crippen LogP) is 4.38. The molecule has 0 bridgehead atoms. The van der Waals surface area contributed by atoms with Crippen molar-refractivity contribution in [2.45, 2.75) is 59.3 Å². The summed E-state index contributed by atoms with van der Waals surface area (Å²) in [5.74, 6) is 0.104. The number of carbonyl (C=O) groups is 1. The Morgan fingerprint density at radius 1 is 1.32 bits per heavy atom. The number of aromatic hydroxyl groups is 1. The lowest BCUT2D eigenvalue weighted by molar-refractivity contribution is -0.129. The second-order valence-electron chi connectivity index (χ2n) is 8.28. The molecule has 2 aromatic heterocycles. The number of likely N-dealkylation sites (tertiary alicyclic amines) is 1. The molecule has 31 heavy (non-hydrogen) atoms. The van der Waals surface area contributed by atoms with E-state index in [2.05, 4.69) is 21.8 Å². The zero-order valence-electron chi connectivity index (χ0n) is 18.1. The topological polar surface area (TPSA) is 69.6 Å². The molecule has 1 atom stereocenters. The van der Waals surface area contributed by atoms with Crippen molar-refractivity contribution in [3.63, 3.8) is 0 Å². The number of hydrogen-bond acceptors (Lipinski definition) is 6. The molecule has 0 unspecified atom stereocenters. The monoisotopic (exact) mass is 442 g/mol. The zero-order chi connectivity index (χ0) is 22.1. The van der Waals surface area contributed by atoms with Gasteiger partial charge < -0.3 is 10.0 Å². The molecule has 1 N–H and O–H groups in total. The van der Waals surface area contributed by atoms with Crippen LogP contribution in [0.2, 0.25) is 0 Å². The van der Waals surface area contributed by atoms with Gasteiger partial charge in [-0.1, -0.05) is 0 Å². The fraction of sp³-hybridized carbons (Fsp3) is 0.435. The summed E-state index contributed by atoms with van der Waals surface area (Å²) in [5, 5.41) is 10.2. The van der Waals surface area contributed by atoms with Gasteiger partial charge in [-0.05, 0) is 57.0 Å². The molecule has 1 amide bonds. The fourth-order valence-electron chi connectivity index (χ4n) is 4.15. The molecule has 4 heterocycles. The number of nitrogens with zero attached hydrogens (tertiary/aromatic N) is 4. The number of thiazole rings is 1. The van der Waals surface area contributed by atoms with Gasteiger partial charge in [0.1, 0.15) is 11.6 Å². The molecule has 2 aliphatic heterocycles. The van der Waals surface area contributed by atoms with Crippen LogP contribution in [0.4, 0.5) is 4.39 Å². The normalized spacial score (nSPS) is 18.2. The van der Waals surface area contributed by atoms with Crippen LogP contribution < -0.4 is 0 Å². The lowest BCUT2D eigenvalue weighted by Gasteiger charge is -2.21. The molecule has 3 aromatic rings. The first kappa shape index (κ1) is 21.6. The second-order valence-corrected chi connectivity index (χ2v) is 9.52. The van der Waals surface area contributed by atoms with Crippen LogP contribution in [0.15, 0.2) is 24.4 Å². The molecular formula is C23H27FN4O2S. The Kier molecular flexibility index (Phi) is 6.20. The van der Waals surface area contributed by atoms with Crippen LogP contribution in [0, 0.1) is 12.7 Å². The lowest BCUT2D eigenvalue weighted by Crippen LogP contribution is -2.26. The van der Waals surface area contributed by atoms with Crippen molar-refractivity contribution in [2.24, 2.45) is 0 Å². The smallest absolute Gasteiger partial charge is 0.220 e. The van der Waals surface area contributed by atoms with E-state index >= 15 is 0 Å². The molecule has 1 aromatic carbocycles. The minimum absolute atomic E-state index is 0.0393. The van der Waals surface area contributed by atoms with E-state index in [4.69, 9.17) is 5.11 Å². The van der Waals surface area contributed by atoms with Crippen molar-refractivity contribution < 1.29 is 14.3 Å². The first-order valence-electron chi connectivity index (χ1n) is 10.5. The average molecular weight is 443 g/mol. The maximum Gasteiger partial charge on any atom is 0.220 e. The van der Waals surface area contributed by atoms with E-state index in [0.717, 1.165) is 38.6 Å². The van der Waals surface area contributed by atoms with Gasteiger partial charge in [-0.2, -0.15) is 0 Å². The van der Waals surface area contributed by atoms with Gasteiger partial charge in [-0.25, -0.2) is 9.37 Å². The first-order valence-corrected chi connectivity index (χ1v) is 11.3. The van der Waals surface area contributed by atoms with Gasteiger partial charge in [0.05, 0.1) is 33.7 Å². The third kappa shape index (κ3) is 4.85. The molecule has 2 aliphatic rings. The molecular weight excluding hydrogens is 415 g/mol. The van der Waals surface area contributed by atoms with Crippen LogP contribution >= 0.6 is 11.3 Å². The largest absolute Gasteiger partial charge is 0.506 e. The molecule has 6 nitrogen and oxygen atoms in total. The molecule has 0 aliphatic carbocycles. The van der Waals surface area contributed by atoms with E-state index in [0.29, 0.717) is 25.7 Å². The summed E-state index contributed by atoms with van der Waals surface area (Å²) >= 11 is 1.55. The molecule has 1 fully saturated rings. The van der Waals surface area contributed by atoms with Crippen molar-refractivity contribution in [2.75, 3.05) is 6.54 Å². The summed E-state index contributed by atoms with van der Waals surface area (Å²) in [6.45, 7) is 8.62. The van der Waals surface area contributed by atoms with Crippen LogP contribution in [0.5, 0.6) is 5.75 Å². The van der Waals surface area contributed by atoms with Gasteiger partial charge in [-0.15, -0.1) is 11.3 Å². The Morgan fingerprint density at radius 2 is 2.13 bits per heavy atom. The Balaban J connectivity index is 0.000000158. The standard InChI is InChI=1S/C14H17FN2S.C9H10N2O2/c1-9-4-3-5-17(9)8-11-6-13-14(7-12(11)15)18-10(2)16-13;1-6(12)11-4-7-2-8(13)3-10-9(7)5-11/h6-7,9H,3-5,8H2,1-2H3;2-3,13H,4-5H2,1H3/t9-;/m0./s1. The molecule has 1 saturated heterocycles. The highest BCUT2D eigenvalue weighted by molar-refractivity contribution is 7.18. The van der Waals surface area contributed by atoms with Crippen molar-refractivity contribution >= 4 is 27.5 Å². The Bertz CT molecular complexity index is 1120. The van der Waals surface area contributed by atoms with E-state index in [1.54, 1.807) is 28.4 Å². The van der Waals surface area contributed by atoms with E-state index in [1.807, 2.05) is 13.0 Å². The van der Waals surface area contributed by atoms with Gasteiger partial charge in [0.15, 0.2) is 0 Å². The highest BCUT2D eigenvalue weighted by atomic mass is 32.1. The average Bonchev–Trinajstić information content (AvgIpc) is 3.40. The van der Waals surface area contributed by atoms with Crippen molar-refractivity contribution in [3.05, 3.63) is 52.0 Å². The Morgan fingerprint density at radius 3 is 2.84 bits per heavy atom. The van der Waals surface area contributed by atoms with E-state index in [-0.39, 0.29) is 17.5 Å². The summed E-state index contributed by atoms with van der Waals surface area (Å²) in [4.78, 5) is 23.6. The molecule has 164 valence electrons. The van der Waals surface area contributed by atoms with Crippen LogP contribution in [0.25, 0.3) is 10.2 Å². The predicted molar refractivity (Wildman–Crippen MR) is 119 cm³/mol. The number of amides is 1. The number of carbonyl (C=O) groups excluding carboxylic acids is 1. The van der Waals surface area contributed by atoms with Gasteiger partial charge >= 0.3 is 0 Å². The molecule has 0 radical (unpaired) electrons. The minimum Gasteiger partial charge on any atom is -0.506 e. The highest BCUT2D eigenvalue weighted by Gasteiger charge is 2.22. The fourth-order valence-corrected chi connectivity index (χ4v) is 4.98. The van der Waals surface area contributed by atoms with Crippen LogP contribution in [0.3, 0.4) is 0 Å². The summed E-state index contributed by atoms with van der Waals surface area (Å²) in [5.41, 5.74) is 3.53. The van der Waals surface area contributed by atoms with Crippen molar-refractivity contribution in [1.82, 2.24) is 19.8 Å². The molecule has 0 saturated carbocycles. The third-order valence-corrected chi connectivity index (χ3v) is 6.85. The maximum atomic E-state index is 14.1. The summed E-state index contributed by atoms with van der Waals surface area (Å²) in [6, 6.07) is 5.78. The molecule has 8 heteroatoms. The number of rotatable bonds is 2. The Hall–Kier alpha value is -2.58. The summed E-state index contributed by atoms with van der Waals surface area (Å²) < 4.78 is 15.0. The SMILES string of the molecule is CC(=O)N1Cc2cc(O)cnc2C1.Cc1nc2cc(CN3CCC[C@@H]3C)c(F)cc2s1. The zero-order valence-corrected chi connectivity index (χ0v) is 18.9. The van der Waals surface area contributed by atoms with Gasteiger partial charge in [0.2, 0.25) is 5.91 Å². The highest BCUT2D eigenvalue weighted by Crippen LogP contribution is 2.27. The van der Waals surface area contributed by atoms with Crippen LogP contribution in [-0.4, -0.2) is 43.4 Å². The first-order chi connectivity index (χ1) is 14.8. The number of fused-ring (bicyclic) bond motifs is 2. The van der Waals surface area contributed by atoms with Gasteiger partial charge in [-0.3, -0.25) is 14.7 Å². The van der Waals surface area contributed by atoms with E-state index in [1.165, 1.54) is 26.0 Å². The number of benzene rings is 1. The molecule has 0 spiro atoms. The van der Waals surface area contributed by atoms with Gasteiger partial charge in [0.25, 0.3) is 0 Å². The summed E-state index contributed by atoms with van der Waals surface area (Å²) in [7, 11) is 0. The maximum absolute atomic E-state index is 14.1. The third-order valence-electron chi connectivity index (χ3n) is 5.92. The number of halogens is 1. The van der Waals surface area contributed by atoms with E-state index in [9.17, 15) is 9.18 Å². The number of pyridine rings is 1. The number of hydrogen-bond donors (Lipinski definition) is 1. The van der Waals surface area contributed by atoms with Crippen LogP contribution in [-0.2, 0) is 24.4 Å². The second kappa shape index (κ2) is 8.88. The quantitative estimate of drug-likeness (QED) is 0.638. The summed E-state index contributed by atoms with van der Waals surface area (Å²) in [6.07, 6.45) is 3.85. The van der Waals surface area contributed by atoms with Gasteiger partial charge in [0, 0.05) is 31.6 Å². The number of aromatic nitrogens is 2. The van der Waals surface area contributed by atoms with Crippen LogP contribution in [0.1, 0.15) is 48.5 Å². The van der Waals surface area contributed by atoms with Crippen molar-refractivity contribution in [1.29, 1.82) is 0 Å². The number of aryl methyl sites for hydroxylation is 1. The van der Waals surface area contributed by atoms with E-state index < -0.39 is 0 Å². The Labute approximate surface area is 185 Å². The minimum atomic E-state index is -0.0924. The molecule has 5 rings (SSSR count).